The number of nitrogens with one attached hydrogen (secondary N) is 1. The first-order valence-corrected chi connectivity index (χ1v) is 14.6. The van der Waals surface area contributed by atoms with Gasteiger partial charge in [0.15, 0.2) is 5.11 Å². The highest BCUT2D eigenvalue weighted by molar-refractivity contribution is 7.80. The molecule has 0 aliphatic carbocycles. The van der Waals surface area contributed by atoms with Gasteiger partial charge in [0.2, 0.25) is 0 Å². The van der Waals surface area contributed by atoms with E-state index in [4.69, 9.17) is 26.4 Å². The van der Waals surface area contributed by atoms with Gasteiger partial charge in [-0.05, 0) is 57.5 Å². The zero-order valence-corrected chi connectivity index (χ0v) is 24.7. The molecule has 212 valence electrons. The van der Waals surface area contributed by atoms with Crippen molar-refractivity contribution in [2.45, 2.75) is 104 Å². The number of carbonyl (C=O) groups is 2. The maximum absolute atomic E-state index is 13.2. The standard InChI is InChI=1S/C30H46N2O5S/c1-6-9-10-11-12-13-14-15-16-17-19-23-20-18-21-24(35-5)26(23)27-25(28(33)36-7-2)22(4)31-29(38)32(27)30(34)37-8-3/h18,20-21,27H,6-17,19H2,1-5H3,(H,31,38). The molecule has 0 saturated heterocycles. The molecular weight excluding hydrogens is 500 g/mol. The number of aryl methyl sites for hydroxylation is 1. The van der Waals surface area contributed by atoms with Crippen LogP contribution in [0, 0.1) is 0 Å². The second kappa shape index (κ2) is 17.1. The molecule has 1 N–H and O–H groups in total. The molecule has 0 saturated carbocycles. The first-order chi connectivity index (χ1) is 18.4. The van der Waals surface area contributed by atoms with Gasteiger partial charge >= 0.3 is 12.1 Å². The summed E-state index contributed by atoms with van der Waals surface area (Å²) in [6, 6.07) is 5.01. The topological polar surface area (TPSA) is 77.1 Å². The van der Waals surface area contributed by atoms with Crippen LogP contribution in [0.3, 0.4) is 0 Å². The van der Waals surface area contributed by atoms with Crippen LogP contribution in [0.4, 0.5) is 4.79 Å². The number of hydrogen-bond acceptors (Lipinski definition) is 6. The Morgan fingerprint density at radius 3 is 2.11 bits per heavy atom. The van der Waals surface area contributed by atoms with Gasteiger partial charge in [0.05, 0.1) is 25.9 Å². The van der Waals surface area contributed by atoms with Crippen LogP contribution in [-0.4, -0.2) is 42.4 Å². The van der Waals surface area contributed by atoms with Crippen LogP contribution in [0.2, 0.25) is 0 Å². The number of esters is 1. The van der Waals surface area contributed by atoms with Crippen molar-refractivity contribution in [1.29, 1.82) is 0 Å². The van der Waals surface area contributed by atoms with Crippen LogP contribution in [0.25, 0.3) is 0 Å². The predicted molar refractivity (Wildman–Crippen MR) is 155 cm³/mol. The highest BCUT2D eigenvalue weighted by atomic mass is 32.1. The lowest BCUT2D eigenvalue weighted by Gasteiger charge is -2.38. The Morgan fingerprint density at radius 1 is 0.921 bits per heavy atom. The van der Waals surface area contributed by atoms with E-state index in [1.807, 2.05) is 18.2 Å². The lowest BCUT2D eigenvalue weighted by atomic mass is 9.88. The second-order valence-corrected chi connectivity index (χ2v) is 10.0. The van der Waals surface area contributed by atoms with Crippen LogP contribution in [-0.2, 0) is 20.7 Å². The smallest absolute Gasteiger partial charge is 0.416 e. The quantitative estimate of drug-likeness (QED) is 0.132. The minimum Gasteiger partial charge on any atom is -0.496 e. The Labute approximate surface area is 234 Å². The van der Waals surface area contributed by atoms with Crippen LogP contribution in [0.1, 0.15) is 109 Å². The Kier molecular flexibility index (Phi) is 14.2. The number of allylic oxidation sites excluding steroid dienone is 1. The number of ether oxygens (including phenoxy) is 3. The van der Waals surface area contributed by atoms with Crippen molar-refractivity contribution in [3.05, 3.63) is 40.6 Å². The summed E-state index contributed by atoms with van der Waals surface area (Å²) in [4.78, 5) is 27.7. The largest absolute Gasteiger partial charge is 0.496 e. The number of hydrogen-bond donors (Lipinski definition) is 1. The summed E-state index contributed by atoms with van der Waals surface area (Å²) < 4.78 is 16.5. The van der Waals surface area contributed by atoms with Crippen molar-refractivity contribution in [1.82, 2.24) is 10.2 Å². The van der Waals surface area contributed by atoms with Gasteiger partial charge in [0, 0.05) is 11.3 Å². The molecule has 1 aromatic carbocycles. The van der Waals surface area contributed by atoms with E-state index in [9.17, 15) is 9.59 Å². The van der Waals surface area contributed by atoms with E-state index in [0.29, 0.717) is 17.0 Å². The normalized spacial score (nSPS) is 15.3. The molecular formula is C30H46N2O5S. The summed E-state index contributed by atoms with van der Waals surface area (Å²) in [5.41, 5.74) is 2.63. The monoisotopic (exact) mass is 546 g/mol. The van der Waals surface area contributed by atoms with Crippen LogP contribution in [0.15, 0.2) is 29.5 Å². The first kappa shape index (κ1) is 31.6. The molecule has 1 atom stereocenters. The molecule has 1 aromatic rings. The lowest BCUT2D eigenvalue weighted by Crippen LogP contribution is -2.51. The number of amides is 1. The maximum Gasteiger partial charge on any atom is 0.416 e. The minimum absolute atomic E-state index is 0.176. The predicted octanol–water partition coefficient (Wildman–Crippen LogP) is 7.38. The van der Waals surface area contributed by atoms with Crippen molar-refractivity contribution in [2.75, 3.05) is 20.3 Å². The van der Waals surface area contributed by atoms with E-state index in [0.717, 1.165) is 30.4 Å². The minimum atomic E-state index is -0.823. The molecule has 1 heterocycles. The van der Waals surface area contributed by atoms with Gasteiger partial charge in [0.25, 0.3) is 0 Å². The van der Waals surface area contributed by atoms with Crippen molar-refractivity contribution >= 4 is 29.4 Å². The zero-order valence-electron chi connectivity index (χ0n) is 23.9. The van der Waals surface area contributed by atoms with Crippen molar-refractivity contribution in [3.63, 3.8) is 0 Å². The molecule has 38 heavy (non-hydrogen) atoms. The van der Waals surface area contributed by atoms with Crippen molar-refractivity contribution in [3.8, 4) is 5.75 Å². The van der Waals surface area contributed by atoms with Gasteiger partial charge in [-0.25, -0.2) is 14.5 Å². The second-order valence-electron chi connectivity index (χ2n) is 9.63. The lowest BCUT2D eigenvalue weighted by molar-refractivity contribution is -0.139. The third-order valence-electron chi connectivity index (χ3n) is 6.86. The number of unbranched alkanes of at least 4 members (excludes halogenated alkanes) is 9. The van der Waals surface area contributed by atoms with Crippen LogP contribution in [0.5, 0.6) is 5.75 Å². The summed E-state index contributed by atoms with van der Waals surface area (Å²) in [5.74, 6) is 0.0864. The van der Waals surface area contributed by atoms with E-state index in [-0.39, 0.29) is 18.3 Å². The van der Waals surface area contributed by atoms with E-state index >= 15 is 0 Å². The molecule has 1 amide bonds. The van der Waals surface area contributed by atoms with Gasteiger partial charge < -0.3 is 19.5 Å². The Bertz CT molecular complexity index is 962. The number of benzene rings is 1. The number of rotatable bonds is 16. The third kappa shape index (κ3) is 8.72. The fraction of sp³-hybridized carbons (Fsp3) is 0.633. The number of nitrogens with zero attached hydrogens (tertiary/aromatic N) is 1. The van der Waals surface area contributed by atoms with E-state index < -0.39 is 18.1 Å². The first-order valence-electron chi connectivity index (χ1n) is 14.2. The highest BCUT2D eigenvalue weighted by Crippen LogP contribution is 2.41. The molecule has 7 nitrogen and oxygen atoms in total. The fourth-order valence-electron chi connectivity index (χ4n) is 4.97. The molecule has 1 aliphatic rings. The van der Waals surface area contributed by atoms with E-state index in [1.165, 1.54) is 56.3 Å². The average molecular weight is 547 g/mol. The fourth-order valence-corrected chi connectivity index (χ4v) is 5.30. The number of carbonyl (C=O) groups excluding carboxylic acids is 2. The Morgan fingerprint density at radius 2 is 1.53 bits per heavy atom. The summed E-state index contributed by atoms with van der Waals surface area (Å²) in [6.45, 7) is 7.90. The molecule has 0 fully saturated rings. The average Bonchev–Trinajstić information content (AvgIpc) is 2.89. The van der Waals surface area contributed by atoms with Gasteiger partial charge in [-0.1, -0.05) is 76.8 Å². The highest BCUT2D eigenvalue weighted by Gasteiger charge is 2.43. The van der Waals surface area contributed by atoms with Crippen LogP contribution >= 0.6 is 12.2 Å². The molecule has 0 aromatic heterocycles. The summed E-state index contributed by atoms with van der Waals surface area (Å²) in [5, 5.41) is 3.17. The molecule has 0 bridgehead atoms. The Hall–Kier alpha value is -2.61. The number of thiocarbonyl (C=S) groups is 1. The molecule has 1 unspecified atom stereocenters. The van der Waals surface area contributed by atoms with Gasteiger partial charge in [-0.15, -0.1) is 0 Å². The third-order valence-corrected chi connectivity index (χ3v) is 7.16. The maximum atomic E-state index is 13.2. The number of methoxy groups -OCH3 is 1. The summed E-state index contributed by atoms with van der Waals surface area (Å²) in [6.07, 6.45) is 12.7. The van der Waals surface area contributed by atoms with Crippen molar-refractivity contribution in [2.24, 2.45) is 0 Å². The summed E-state index contributed by atoms with van der Waals surface area (Å²) in [7, 11) is 1.60. The molecule has 2 rings (SSSR count). The molecule has 8 heteroatoms. The SMILES string of the molecule is CCCCCCCCCCCCc1cccc(OC)c1C1C(C(=O)OCC)=C(C)NC(=S)N1C(=O)OCC. The zero-order chi connectivity index (χ0) is 27.9. The van der Waals surface area contributed by atoms with E-state index in [1.54, 1.807) is 27.9 Å². The van der Waals surface area contributed by atoms with E-state index in [2.05, 4.69) is 12.2 Å². The van der Waals surface area contributed by atoms with Gasteiger partial charge in [-0.3, -0.25) is 0 Å². The van der Waals surface area contributed by atoms with Crippen LogP contribution < -0.4 is 10.1 Å². The van der Waals surface area contributed by atoms with Gasteiger partial charge in [-0.2, -0.15) is 0 Å². The molecule has 0 spiro atoms. The Balaban J connectivity index is 2.31. The molecule has 1 aliphatic heterocycles. The van der Waals surface area contributed by atoms with Gasteiger partial charge in [0.1, 0.15) is 11.8 Å². The summed E-state index contributed by atoms with van der Waals surface area (Å²) >= 11 is 5.57. The van der Waals surface area contributed by atoms with Crippen molar-refractivity contribution < 1.29 is 23.8 Å². The molecule has 0 radical (unpaired) electrons.